The van der Waals surface area contributed by atoms with Crippen molar-refractivity contribution in [2.75, 3.05) is 6.54 Å². The van der Waals surface area contributed by atoms with Gasteiger partial charge in [-0.05, 0) is 62.1 Å². The molecule has 138 valence electrons. The Morgan fingerprint density at radius 1 is 1.04 bits per heavy atom. The number of nitrogens with one attached hydrogen (secondary N) is 2. The van der Waals surface area contributed by atoms with Crippen LogP contribution >= 0.6 is 0 Å². The van der Waals surface area contributed by atoms with Crippen molar-refractivity contribution in [3.05, 3.63) is 64.4 Å². The zero-order chi connectivity index (χ0) is 18.2. The molecule has 1 aliphatic carbocycles. The van der Waals surface area contributed by atoms with E-state index >= 15 is 0 Å². The molecule has 2 aromatic heterocycles. The summed E-state index contributed by atoms with van der Waals surface area (Å²) < 4.78 is 0. The highest BCUT2D eigenvalue weighted by molar-refractivity contribution is 5.80. The lowest BCUT2D eigenvalue weighted by molar-refractivity contribution is 0.194. The minimum atomic E-state index is 0.0464. The summed E-state index contributed by atoms with van der Waals surface area (Å²) in [5.74, 6) is 1.21. The highest BCUT2D eigenvalue weighted by Crippen LogP contribution is 2.42. The van der Waals surface area contributed by atoms with Gasteiger partial charge in [0.2, 0.25) is 0 Å². The van der Waals surface area contributed by atoms with Gasteiger partial charge in [-0.2, -0.15) is 0 Å². The first-order valence-corrected chi connectivity index (χ1v) is 10.1. The smallest absolute Gasteiger partial charge is 0.191 e. The molecule has 1 aromatic carbocycles. The number of piperidine rings is 1. The van der Waals surface area contributed by atoms with Crippen LogP contribution < -0.4 is 10.7 Å². The first-order valence-electron chi connectivity index (χ1n) is 10.1. The van der Waals surface area contributed by atoms with Crippen molar-refractivity contribution in [2.24, 2.45) is 5.92 Å². The van der Waals surface area contributed by atoms with Crippen molar-refractivity contribution in [1.29, 1.82) is 0 Å². The van der Waals surface area contributed by atoms with Gasteiger partial charge in [0.25, 0.3) is 0 Å². The lowest BCUT2D eigenvalue weighted by Crippen LogP contribution is -2.44. The van der Waals surface area contributed by atoms with Gasteiger partial charge in [0.1, 0.15) is 5.65 Å². The van der Waals surface area contributed by atoms with E-state index in [4.69, 9.17) is 4.98 Å². The molecule has 1 saturated carbocycles. The van der Waals surface area contributed by atoms with E-state index in [1.165, 1.54) is 31.2 Å². The molecule has 27 heavy (non-hydrogen) atoms. The van der Waals surface area contributed by atoms with E-state index in [-0.39, 0.29) is 5.43 Å². The number of benzene rings is 1. The first kappa shape index (κ1) is 16.7. The Hall–Kier alpha value is -2.46. The minimum Gasteiger partial charge on any atom is -0.346 e. The average Bonchev–Trinajstić information content (AvgIpc) is 2.73. The van der Waals surface area contributed by atoms with Crippen LogP contribution in [-0.2, 0) is 0 Å². The zero-order valence-corrected chi connectivity index (χ0v) is 15.4. The van der Waals surface area contributed by atoms with E-state index in [9.17, 15) is 4.79 Å². The summed E-state index contributed by atoms with van der Waals surface area (Å²) in [7, 11) is 0. The Morgan fingerprint density at radius 3 is 2.81 bits per heavy atom. The average molecular weight is 359 g/mol. The number of hydrogen-bond acceptors (Lipinski definition) is 3. The van der Waals surface area contributed by atoms with E-state index in [2.05, 4.69) is 40.6 Å². The molecule has 0 bridgehead atoms. The number of fused-ring (bicyclic) bond motifs is 2. The second-order valence-electron chi connectivity index (χ2n) is 8.00. The van der Waals surface area contributed by atoms with Crippen molar-refractivity contribution in [2.45, 2.75) is 44.1 Å². The number of pyridine rings is 2. The molecule has 3 unspecified atom stereocenters. The number of rotatable bonds is 2. The quantitative estimate of drug-likeness (QED) is 0.720. The standard InChI is InChI=1S/C23H25N3O/c27-21-10-12-25-23-19(21)14-18(22(26-23)15-5-2-1-3-6-15)16-8-9-20-17(13-16)7-4-11-24-20/h1-3,5-6,10,12,14,16-17,20,24H,4,7-9,11,13H2,(H,25,26,27). The van der Waals surface area contributed by atoms with Crippen LogP contribution in [0.4, 0.5) is 0 Å². The van der Waals surface area contributed by atoms with Crippen molar-refractivity contribution in [3.8, 4) is 11.3 Å². The van der Waals surface area contributed by atoms with Crippen LogP contribution in [0.25, 0.3) is 22.3 Å². The molecule has 4 heteroatoms. The Balaban J connectivity index is 1.63. The number of H-pyrrole nitrogens is 1. The van der Waals surface area contributed by atoms with E-state index in [1.807, 2.05) is 6.07 Å². The van der Waals surface area contributed by atoms with Crippen molar-refractivity contribution in [1.82, 2.24) is 15.3 Å². The normalized spacial score (nSPS) is 25.3. The molecule has 4 nitrogen and oxygen atoms in total. The Morgan fingerprint density at radius 2 is 1.93 bits per heavy atom. The maximum Gasteiger partial charge on any atom is 0.191 e. The molecule has 0 spiro atoms. The summed E-state index contributed by atoms with van der Waals surface area (Å²) in [6.45, 7) is 1.16. The van der Waals surface area contributed by atoms with Gasteiger partial charge in [0.15, 0.2) is 5.43 Å². The second-order valence-corrected chi connectivity index (χ2v) is 8.00. The van der Waals surface area contributed by atoms with Crippen LogP contribution in [0.1, 0.15) is 43.6 Å². The predicted molar refractivity (Wildman–Crippen MR) is 109 cm³/mol. The van der Waals surface area contributed by atoms with Gasteiger partial charge in [-0.1, -0.05) is 30.3 Å². The van der Waals surface area contributed by atoms with Crippen LogP contribution in [0, 0.1) is 5.92 Å². The number of nitrogens with zero attached hydrogens (tertiary/aromatic N) is 1. The molecular formula is C23H25N3O. The monoisotopic (exact) mass is 359 g/mol. The van der Waals surface area contributed by atoms with Crippen LogP contribution in [-0.4, -0.2) is 22.6 Å². The van der Waals surface area contributed by atoms with Gasteiger partial charge in [-0.15, -0.1) is 0 Å². The molecule has 3 heterocycles. The third kappa shape index (κ3) is 3.08. The highest BCUT2D eigenvalue weighted by atomic mass is 16.1. The molecule has 0 radical (unpaired) electrons. The van der Waals surface area contributed by atoms with Crippen molar-refractivity contribution < 1.29 is 0 Å². The third-order valence-electron chi connectivity index (χ3n) is 6.40. The van der Waals surface area contributed by atoms with Crippen LogP contribution in [0.15, 0.2) is 53.5 Å². The summed E-state index contributed by atoms with van der Waals surface area (Å²) in [4.78, 5) is 20.5. The number of hydrogen-bond donors (Lipinski definition) is 2. The molecule has 2 N–H and O–H groups in total. The second kappa shape index (κ2) is 6.93. The van der Waals surface area contributed by atoms with E-state index in [0.717, 1.165) is 30.1 Å². The number of aromatic amines is 1. The van der Waals surface area contributed by atoms with Gasteiger partial charge < -0.3 is 10.3 Å². The fourth-order valence-corrected chi connectivity index (χ4v) is 5.04. The van der Waals surface area contributed by atoms with E-state index < -0.39 is 0 Å². The van der Waals surface area contributed by atoms with Crippen LogP contribution in [0.5, 0.6) is 0 Å². The van der Waals surface area contributed by atoms with Crippen molar-refractivity contribution in [3.63, 3.8) is 0 Å². The highest BCUT2D eigenvalue weighted by Gasteiger charge is 2.34. The summed E-state index contributed by atoms with van der Waals surface area (Å²) >= 11 is 0. The summed E-state index contributed by atoms with van der Waals surface area (Å²) in [5.41, 5.74) is 4.12. The van der Waals surface area contributed by atoms with Gasteiger partial charge in [0.05, 0.1) is 11.1 Å². The maximum absolute atomic E-state index is 12.4. The lowest BCUT2D eigenvalue weighted by atomic mass is 9.71. The maximum atomic E-state index is 12.4. The largest absolute Gasteiger partial charge is 0.346 e. The molecule has 5 rings (SSSR count). The Kier molecular flexibility index (Phi) is 4.29. The third-order valence-corrected chi connectivity index (χ3v) is 6.40. The van der Waals surface area contributed by atoms with E-state index in [0.29, 0.717) is 23.0 Å². The van der Waals surface area contributed by atoms with E-state index in [1.54, 1.807) is 12.3 Å². The molecule has 1 saturated heterocycles. The van der Waals surface area contributed by atoms with Gasteiger partial charge >= 0.3 is 0 Å². The molecule has 2 aliphatic rings. The molecule has 3 aromatic rings. The fourth-order valence-electron chi connectivity index (χ4n) is 5.04. The Labute approximate surface area is 159 Å². The lowest BCUT2D eigenvalue weighted by Gasteiger charge is -2.40. The predicted octanol–water partition coefficient (Wildman–Crippen LogP) is 4.23. The number of aromatic nitrogens is 2. The molecule has 2 fully saturated rings. The van der Waals surface area contributed by atoms with Crippen LogP contribution in [0.2, 0.25) is 0 Å². The zero-order valence-electron chi connectivity index (χ0n) is 15.4. The molecular weight excluding hydrogens is 334 g/mol. The van der Waals surface area contributed by atoms with Gasteiger partial charge in [-0.3, -0.25) is 4.79 Å². The summed E-state index contributed by atoms with van der Waals surface area (Å²) in [6.07, 6.45) is 7.84. The molecule has 1 aliphatic heterocycles. The summed E-state index contributed by atoms with van der Waals surface area (Å²) in [5, 5.41) is 4.41. The topological polar surface area (TPSA) is 57.8 Å². The van der Waals surface area contributed by atoms with Crippen molar-refractivity contribution >= 4 is 11.0 Å². The summed E-state index contributed by atoms with van der Waals surface area (Å²) in [6, 6.07) is 14.8. The van der Waals surface area contributed by atoms with Gasteiger partial charge in [0, 0.05) is 23.9 Å². The van der Waals surface area contributed by atoms with Gasteiger partial charge in [-0.25, -0.2) is 4.98 Å². The SMILES string of the molecule is O=c1cc[nH]c2nc(-c3ccccc3)c(C3CCC4NCCCC4C3)cc12. The minimum absolute atomic E-state index is 0.0464. The van der Waals surface area contributed by atoms with Crippen LogP contribution in [0.3, 0.4) is 0 Å². The Bertz CT molecular complexity index is 1010. The molecule has 0 amide bonds. The molecule has 3 atom stereocenters. The fraction of sp³-hybridized carbons (Fsp3) is 0.391. The first-order chi connectivity index (χ1) is 13.3.